The van der Waals surface area contributed by atoms with Gasteiger partial charge in [0.15, 0.2) is 10.4 Å². The van der Waals surface area contributed by atoms with Crippen molar-refractivity contribution in [1.29, 1.82) is 0 Å². The minimum absolute atomic E-state index is 0.623. The molecule has 2 heterocycles. The van der Waals surface area contributed by atoms with Gasteiger partial charge in [-0.2, -0.15) is 0 Å². The second-order valence-electron chi connectivity index (χ2n) is 8.48. The molecule has 1 unspecified atom stereocenters. The van der Waals surface area contributed by atoms with Crippen LogP contribution in [0, 0.1) is 0 Å². The molecule has 1 aliphatic rings. The maximum Gasteiger partial charge on any atom is 0.223 e. The molecular formula is C28H29NO4S. The molecule has 0 spiro atoms. The van der Waals surface area contributed by atoms with Gasteiger partial charge in [0.2, 0.25) is 4.88 Å². The first-order valence-corrected chi connectivity index (χ1v) is 12.9. The molecule has 5 nitrogen and oxygen atoms in total. The summed E-state index contributed by atoms with van der Waals surface area (Å²) < 4.78 is 31.7. The van der Waals surface area contributed by atoms with Crippen LogP contribution in [-0.2, 0) is 0 Å². The number of methoxy groups -OCH3 is 1. The van der Waals surface area contributed by atoms with Crippen LogP contribution < -0.4 is 14.2 Å². The first-order chi connectivity index (χ1) is 16.7. The molecule has 1 saturated heterocycles. The van der Waals surface area contributed by atoms with E-state index in [-0.39, 0.29) is 0 Å². The summed E-state index contributed by atoms with van der Waals surface area (Å²) in [7, 11) is 0.307. The summed E-state index contributed by atoms with van der Waals surface area (Å²) in [6.45, 7) is 3.98. The summed E-state index contributed by atoms with van der Waals surface area (Å²) in [5.74, 6) is 2.88. The maximum absolute atomic E-state index is 13.4. The van der Waals surface area contributed by atoms with Crippen molar-refractivity contribution < 1.29 is 18.8 Å². The number of hydrogen-bond donors (Lipinski definition) is 0. The molecule has 6 heteroatoms. The fraction of sp³-hybridized carbons (Fsp3) is 0.286. The summed E-state index contributed by atoms with van der Waals surface area (Å²) in [6.07, 6.45) is 3.91. The Morgan fingerprint density at radius 1 is 0.824 bits per heavy atom. The molecule has 1 aromatic heterocycles. The Labute approximate surface area is 203 Å². The first-order valence-electron chi connectivity index (χ1n) is 11.8. The van der Waals surface area contributed by atoms with E-state index in [0.717, 1.165) is 33.7 Å². The van der Waals surface area contributed by atoms with Crippen molar-refractivity contribution in [2.75, 3.05) is 33.4 Å². The van der Waals surface area contributed by atoms with Gasteiger partial charge in [-0.1, -0.05) is 18.6 Å². The quantitative estimate of drug-likeness (QED) is 0.259. The molecule has 0 aliphatic carbocycles. The van der Waals surface area contributed by atoms with Crippen LogP contribution in [0.3, 0.4) is 0 Å². The highest BCUT2D eigenvalue weighted by molar-refractivity contribution is 7.35. The minimum atomic E-state index is -1.33. The monoisotopic (exact) mass is 475 g/mol. The van der Waals surface area contributed by atoms with E-state index in [2.05, 4.69) is 4.90 Å². The largest absolute Gasteiger partial charge is 0.590 e. The fourth-order valence-corrected chi connectivity index (χ4v) is 5.86. The molecule has 0 amide bonds. The summed E-state index contributed by atoms with van der Waals surface area (Å²) in [5.41, 5.74) is 0.850. The van der Waals surface area contributed by atoms with Crippen LogP contribution in [0.25, 0.3) is 20.5 Å². The van der Waals surface area contributed by atoms with Gasteiger partial charge in [0.05, 0.1) is 12.5 Å². The number of likely N-dealkylation sites (tertiary alicyclic amines) is 1. The van der Waals surface area contributed by atoms with Crippen molar-refractivity contribution >= 4 is 20.8 Å². The second kappa shape index (κ2) is 10.5. The van der Waals surface area contributed by atoms with Gasteiger partial charge in [-0.15, -0.1) is 0 Å². The number of hydrogen-bond acceptors (Lipinski definition) is 5. The number of ether oxygens (including phenoxy) is 3. The molecule has 176 valence electrons. The molecule has 3 aromatic carbocycles. The van der Waals surface area contributed by atoms with E-state index in [1.54, 1.807) is 7.11 Å². The van der Waals surface area contributed by atoms with Gasteiger partial charge in [0.25, 0.3) is 0 Å². The predicted molar refractivity (Wildman–Crippen MR) is 137 cm³/mol. The standard InChI is InChI=1S/C28H29NO4S/c1-31-22-11-9-21(10-12-22)28-27(25-7-3-4-8-26(25)34(28)30)33-24-15-13-23(14-16-24)32-20-19-29-17-5-2-6-18-29/h3-4,7-16H,2,5-6,17-20H2,1H3. The third-order valence-corrected chi connectivity index (χ3v) is 7.79. The van der Waals surface area contributed by atoms with Gasteiger partial charge in [-0.05, 0) is 97.3 Å². The lowest BCUT2D eigenvalue weighted by molar-refractivity contribution is 0.183. The lowest BCUT2D eigenvalue weighted by atomic mass is 10.1. The average Bonchev–Trinajstić information content (AvgIpc) is 3.17. The Balaban J connectivity index is 1.35. The lowest BCUT2D eigenvalue weighted by Crippen LogP contribution is -2.33. The minimum Gasteiger partial charge on any atom is -0.590 e. The first kappa shape index (κ1) is 22.7. The van der Waals surface area contributed by atoms with Crippen molar-refractivity contribution in [2.45, 2.75) is 19.3 Å². The Morgan fingerprint density at radius 3 is 2.24 bits per heavy atom. The Bertz CT molecular complexity index is 1230. The lowest BCUT2D eigenvalue weighted by Gasteiger charge is -2.26. The average molecular weight is 476 g/mol. The normalized spacial score (nSPS) is 14.8. The Morgan fingerprint density at radius 2 is 1.50 bits per heavy atom. The molecule has 0 saturated carbocycles. The molecule has 1 aliphatic heterocycles. The van der Waals surface area contributed by atoms with Crippen molar-refractivity contribution in [2.24, 2.45) is 0 Å². The van der Waals surface area contributed by atoms with Crippen LogP contribution in [0.5, 0.6) is 23.0 Å². The van der Waals surface area contributed by atoms with E-state index in [1.165, 1.54) is 32.4 Å². The highest BCUT2D eigenvalue weighted by atomic mass is 32.2. The summed E-state index contributed by atoms with van der Waals surface area (Å²) in [5, 5.41) is 0.855. The van der Waals surface area contributed by atoms with Gasteiger partial charge < -0.3 is 18.8 Å². The molecule has 0 bridgehead atoms. The van der Waals surface area contributed by atoms with Crippen LogP contribution in [0.15, 0.2) is 72.8 Å². The number of rotatable bonds is 8. The zero-order valence-electron chi connectivity index (χ0n) is 19.4. The Kier molecular flexibility index (Phi) is 7.00. The van der Waals surface area contributed by atoms with E-state index < -0.39 is 10.8 Å². The van der Waals surface area contributed by atoms with E-state index in [1.807, 2.05) is 72.8 Å². The fourth-order valence-electron chi connectivity index (χ4n) is 4.41. The van der Waals surface area contributed by atoms with Gasteiger partial charge in [-0.25, -0.2) is 0 Å². The number of nitrogens with zero attached hydrogens (tertiary/aromatic N) is 1. The highest BCUT2D eigenvalue weighted by Gasteiger charge is 2.26. The van der Waals surface area contributed by atoms with Crippen LogP contribution in [-0.4, -0.2) is 42.8 Å². The van der Waals surface area contributed by atoms with Crippen LogP contribution >= 0.6 is 10.8 Å². The van der Waals surface area contributed by atoms with Gasteiger partial charge in [0, 0.05) is 12.1 Å². The maximum atomic E-state index is 13.4. The predicted octanol–water partition coefficient (Wildman–Crippen LogP) is 6.90. The zero-order valence-corrected chi connectivity index (χ0v) is 20.2. The van der Waals surface area contributed by atoms with Crippen molar-refractivity contribution in [3.8, 4) is 33.4 Å². The summed E-state index contributed by atoms with van der Waals surface area (Å²) in [4.78, 5) is 3.14. The SMILES string of the molecule is COc1ccc(-c2c(Oc3ccc(OCCN4CCCCC4)cc3)c3ccccc3[s+]2[O-])cc1. The summed E-state index contributed by atoms with van der Waals surface area (Å²) >= 11 is 0. The smallest absolute Gasteiger partial charge is 0.223 e. The molecule has 5 rings (SSSR count). The highest BCUT2D eigenvalue weighted by Crippen LogP contribution is 2.51. The van der Waals surface area contributed by atoms with Gasteiger partial charge in [-0.3, -0.25) is 4.90 Å². The third-order valence-electron chi connectivity index (χ3n) is 6.24. The second-order valence-corrected chi connectivity index (χ2v) is 9.86. The van der Waals surface area contributed by atoms with Crippen molar-refractivity contribution in [1.82, 2.24) is 4.90 Å². The molecule has 4 aromatic rings. The van der Waals surface area contributed by atoms with Gasteiger partial charge >= 0.3 is 0 Å². The van der Waals surface area contributed by atoms with Crippen LogP contribution in [0.2, 0.25) is 0 Å². The topological polar surface area (TPSA) is 54.0 Å². The van der Waals surface area contributed by atoms with E-state index in [0.29, 0.717) is 23.0 Å². The van der Waals surface area contributed by atoms with Crippen molar-refractivity contribution in [3.63, 3.8) is 0 Å². The summed E-state index contributed by atoms with van der Waals surface area (Å²) in [6, 6.07) is 22.9. The molecular weight excluding hydrogens is 446 g/mol. The molecule has 1 atom stereocenters. The Hall–Kier alpha value is -3.06. The molecule has 0 N–H and O–H groups in total. The van der Waals surface area contributed by atoms with Crippen LogP contribution in [0.4, 0.5) is 0 Å². The van der Waals surface area contributed by atoms with Crippen LogP contribution in [0.1, 0.15) is 19.3 Å². The van der Waals surface area contributed by atoms with E-state index in [9.17, 15) is 4.55 Å². The number of thiophene rings is 1. The zero-order chi connectivity index (χ0) is 23.3. The molecule has 34 heavy (non-hydrogen) atoms. The van der Waals surface area contributed by atoms with Gasteiger partial charge in [0.1, 0.15) is 23.9 Å². The van der Waals surface area contributed by atoms with Crippen molar-refractivity contribution in [3.05, 3.63) is 72.8 Å². The molecule has 0 radical (unpaired) electrons. The molecule has 1 fully saturated rings. The number of fused-ring (bicyclic) bond motifs is 1. The van der Waals surface area contributed by atoms with E-state index >= 15 is 0 Å². The number of benzene rings is 3. The third kappa shape index (κ3) is 4.89. The van der Waals surface area contributed by atoms with E-state index in [4.69, 9.17) is 14.2 Å². The number of piperidine rings is 1.